The van der Waals surface area contributed by atoms with Gasteiger partial charge in [0.05, 0.1) is 12.2 Å². The highest BCUT2D eigenvalue weighted by molar-refractivity contribution is 5.90. The van der Waals surface area contributed by atoms with Gasteiger partial charge in [0.15, 0.2) is 0 Å². The zero-order chi connectivity index (χ0) is 11.4. The van der Waals surface area contributed by atoms with E-state index in [0.29, 0.717) is 18.8 Å². The molecule has 1 aromatic carbocycles. The Hall–Kier alpha value is -1.77. The minimum atomic E-state index is -0.284. The fourth-order valence-electron chi connectivity index (χ4n) is 1.62. The number of fused-ring (bicyclic) bond motifs is 1. The largest absolute Gasteiger partial charge is 0.493 e. The van der Waals surface area contributed by atoms with Crippen molar-refractivity contribution in [3.8, 4) is 5.75 Å². The molecule has 16 heavy (non-hydrogen) atoms. The zero-order valence-electron chi connectivity index (χ0n) is 9.23. The summed E-state index contributed by atoms with van der Waals surface area (Å²) in [6.07, 6.45) is 4.52. The summed E-state index contributed by atoms with van der Waals surface area (Å²) in [6.45, 7) is 2.91. The fraction of sp³-hybridized carbons (Fsp3) is 0.308. The molecule has 0 amide bonds. The molecule has 0 unspecified atom stereocenters. The van der Waals surface area contributed by atoms with Gasteiger partial charge in [0.1, 0.15) is 12.4 Å². The molecule has 84 valence electrons. The van der Waals surface area contributed by atoms with Crippen LogP contribution in [0.2, 0.25) is 0 Å². The van der Waals surface area contributed by atoms with Crippen LogP contribution in [0.4, 0.5) is 0 Å². The minimum Gasteiger partial charge on any atom is -0.493 e. The van der Waals surface area contributed by atoms with Gasteiger partial charge in [0.25, 0.3) is 0 Å². The predicted octanol–water partition coefficient (Wildman–Crippen LogP) is 2.35. The molecule has 0 saturated carbocycles. The molecule has 0 radical (unpaired) electrons. The average Bonchev–Trinajstić information content (AvgIpc) is 2.76. The van der Waals surface area contributed by atoms with Gasteiger partial charge in [-0.1, -0.05) is 12.2 Å². The normalized spacial score (nSPS) is 13.6. The maximum absolute atomic E-state index is 11.6. The molecule has 0 N–H and O–H groups in total. The zero-order valence-corrected chi connectivity index (χ0v) is 9.23. The monoisotopic (exact) mass is 218 g/mol. The van der Waals surface area contributed by atoms with E-state index in [1.165, 1.54) is 0 Å². The van der Waals surface area contributed by atoms with E-state index in [1.54, 1.807) is 12.1 Å². The smallest absolute Gasteiger partial charge is 0.338 e. The van der Waals surface area contributed by atoms with Gasteiger partial charge in [-0.15, -0.1) is 0 Å². The number of carbonyl (C=O) groups excluding carboxylic acids is 1. The van der Waals surface area contributed by atoms with Gasteiger partial charge >= 0.3 is 5.97 Å². The Balaban J connectivity index is 2.06. The van der Waals surface area contributed by atoms with E-state index in [2.05, 4.69) is 0 Å². The fourth-order valence-corrected chi connectivity index (χ4v) is 1.62. The van der Waals surface area contributed by atoms with Gasteiger partial charge < -0.3 is 9.47 Å². The Morgan fingerprint density at radius 2 is 2.44 bits per heavy atom. The lowest BCUT2D eigenvalue weighted by Crippen LogP contribution is -2.05. The molecule has 1 heterocycles. The van der Waals surface area contributed by atoms with Crippen LogP contribution < -0.4 is 4.74 Å². The first-order valence-electron chi connectivity index (χ1n) is 5.35. The summed E-state index contributed by atoms with van der Waals surface area (Å²) in [6, 6.07) is 5.41. The van der Waals surface area contributed by atoms with Gasteiger partial charge in [-0.3, -0.25) is 0 Å². The van der Waals surface area contributed by atoms with E-state index in [1.807, 2.05) is 25.1 Å². The number of hydrogen-bond acceptors (Lipinski definition) is 3. The topological polar surface area (TPSA) is 35.5 Å². The molecule has 1 aromatic rings. The molecule has 0 fully saturated rings. The van der Waals surface area contributed by atoms with E-state index in [4.69, 9.17) is 9.47 Å². The van der Waals surface area contributed by atoms with Crippen molar-refractivity contribution in [1.82, 2.24) is 0 Å². The molecule has 1 aliphatic heterocycles. The molecule has 0 bridgehead atoms. The van der Waals surface area contributed by atoms with Crippen LogP contribution in [0.5, 0.6) is 5.75 Å². The lowest BCUT2D eigenvalue weighted by atomic mass is 10.1. The summed E-state index contributed by atoms with van der Waals surface area (Å²) in [5, 5.41) is 0. The van der Waals surface area contributed by atoms with Crippen LogP contribution in [-0.2, 0) is 11.2 Å². The minimum absolute atomic E-state index is 0.284. The number of ether oxygens (including phenoxy) is 2. The first kappa shape index (κ1) is 10.7. The highest BCUT2D eigenvalue weighted by Crippen LogP contribution is 2.25. The third-order valence-electron chi connectivity index (χ3n) is 2.47. The maximum Gasteiger partial charge on any atom is 0.338 e. The molecular weight excluding hydrogens is 204 g/mol. The van der Waals surface area contributed by atoms with Crippen LogP contribution in [0.15, 0.2) is 30.4 Å². The third kappa shape index (κ3) is 2.24. The molecule has 3 heteroatoms. The van der Waals surface area contributed by atoms with Crippen LogP contribution in [-0.4, -0.2) is 19.2 Å². The summed E-state index contributed by atoms with van der Waals surface area (Å²) < 4.78 is 10.4. The Morgan fingerprint density at radius 3 is 3.25 bits per heavy atom. The van der Waals surface area contributed by atoms with Crippen molar-refractivity contribution >= 4 is 5.97 Å². The molecule has 1 aliphatic rings. The predicted molar refractivity (Wildman–Crippen MR) is 60.7 cm³/mol. The van der Waals surface area contributed by atoms with Crippen molar-refractivity contribution in [2.24, 2.45) is 0 Å². The van der Waals surface area contributed by atoms with Crippen LogP contribution in [0, 0.1) is 0 Å². The van der Waals surface area contributed by atoms with E-state index < -0.39 is 0 Å². The second-order valence-electron chi connectivity index (χ2n) is 3.59. The molecular formula is C13H14O3. The van der Waals surface area contributed by atoms with Crippen molar-refractivity contribution in [2.75, 3.05) is 13.2 Å². The molecule has 0 atom stereocenters. The molecule has 0 aromatic heterocycles. The summed E-state index contributed by atoms with van der Waals surface area (Å²) in [5.74, 6) is 0.595. The van der Waals surface area contributed by atoms with Gasteiger partial charge in [-0.25, -0.2) is 4.79 Å². The van der Waals surface area contributed by atoms with Crippen molar-refractivity contribution in [1.29, 1.82) is 0 Å². The summed E-state index contributed by atoms with van der Waals surface area (Å²) in [7, 11) is 0. The number of hydrogen-bond donors (Lipinski definition) is 0. The molecule has 3 nitrogen and oxygen atoms in total. The molecule has 2 rings (SSSR count). The number of esters is 1. The van der Waals surface area contributed by atoms with Crippen LogP contribution in [0.25, 0.3) is 0 Å². The van der Waals surface area contributed by atoms with Crippen molar-refractivity contribution in [3.05, 3.63) is 41.5 Å². The second kappa shape index (κ2) is 4.84. The number of carbonyl (C=O) groups is 1. The Morgan fingerprint density at radius 1 is 1.56 bits per heavy atom. The van der Waals surface area contributed by atoms with E-state index in [9.17, 15) is 4.79 Å². The first-order chi connectivity index (χ1) is 7.81. The van der Waals surface area contributed by atoms with Gasteiger partial charge in [-0.05, 0) is 30.7 Å². The molecule has 0 spiro atoms. The van der Waals surface area contributed by atoms with E-state index in [0.717, 1.165) is 17.7 Å². The first-order valence-corrected chi connectivity index (χ1v) is 5.35. The Kier molecular flexibility index (Phi) is 3.25. The SMILES string of the molecule is CC=CCOC(=O)c1ccc2c(c1)CCO2. The lowest BCUT2D eigenvalue weighted by Gasteiger charge is -2.03. The number of benzene rings is 1. The number of allylic oxidation sites excluding steroid dienone is 1. The third-order valence-corrected chi connectivity index (χ3v) is 2.47. The summed E-state index contributed by atoms with van der Waals surface area (Å²) in [4.78, 5) is 11.6. The average molecular weight is 218 g/mol. The lowest BCUT2D eigenvalue weighted by molar-refractivity contribution is 0.0549. The Labute approximate surface area is 94.7 Å². The van der Waals surface area contributed by atoms with Crippen molar-refractivity contribution in [3.63, 3.8) is 0 Å². The van der Waals surface area contributed by atoms with Gasteiger partial charge in [0, 0.05) is 6.42 Å². The highest BCUT2D eigenvalue weighted by atomic mass is 16.5. The standard InChI is InChI=1S/C13H14O3/c1-2-3-7-16-13(14)11-4-5-12-10(9-11)6-8-15-12/h2-5,9H,6-8H2,1H3. The van der Waals surface area contributed by atoms with Crippen LogP contribution >= 0.6 is 0 Å². The quantitative estimate of drug-likeness (QED) is 0.577. The van der Waals surface area contributed by atoms with Crippen molar-refractivity contribution in [2.45, 2.75) is 13.3 Å². The van der Waals surface area contributed by atoms with E-state index in [-0.39, 0.29) is 5.97 Å². The molecule has 0 aliphatic carbocycles. The van der Waals surface area contributed by atoms with Crippen LogP contribution in [0.1, 0.15) is 22.8 Å². The molecule has 0 saturated heterocycles. The second-order valence-corrected chi connectivity index (χ2v) is 3.59. The van der Waals surface area contributed by atoms with E-state index >= 15 is 0 Å². The Bertz CT molecular complexity index is 421. The number of rotatable bonds is 3. The summed E-state index contributed by atoms with van der Waals surface area (Å²) in [5.41, 5.74) is 1.68. The van der Waals surface area contributed by atoms with Crippen LogP contribution in [0.3, 0.4) is 0 Å². The summed E-state index contributed by atoms with van der Waals surface area (Å²) >= 11 is 0. The van der Waals surface area contributed by atoms with Crippen molar-refractivity contribution < 1.29 is 14.3 Å². The van der Waals surface area contributed by atoms with Gasteiger partial charge in [0.2, 0.25) is 0 Å². The highest BCUT2D eigenvalue weighted by Gasteiger charge is 2.15. The maximum atomic E-state index is 11.6. The van der Waals surface area contributed by atoms with Gasteiger partial charge in [-0.2, -0.15) is 0 Å².